The van der Waals surface area contributed by atoms with Gasteiger partial charge in [0.25, 0.3) is 0 Å². The molecule has 0 spiro atoms. The van der Waals surface area contributed by atoms with Gasteiger partial charge in [-0.05, 0) is 30.7 Å². The molecule has 4 N–H and O–H groups in total. The lowest BCUT2D eigenvalue weighted by atomic mass is 10.1. The molecule has 1 amide bonds. The van der Waals surface area contributed by atoms with E-state index in [-0.39, 0.29) is 5.56 Å². The average molecular weight is 266 g/mol. The predicted molar refractivity (Wildman–Crippen MR) is 67.2 cm³/mol. The van der Waals surface area contributed by atoms with Crippen LogP contribution in [-0.2, 0) is 9.59 Å². The summed E-state index contributed by atoms with van der Waals surface area (Å²) in [5.41, 5.74) is 6.44. The fourth-order valence-corrected chi connectivity index (χ4v) is 1.72. The molecule has 0 radical (unpaired) electrons. The average Bonchev–Trinajstić information content (AvgIpc) is 2.26. The van der Waals surface area contributed by atoms with Crippen molar-refractivity contribution in [3.8, 4) is 0 Å². The Morgan fingerprint density at radius 2 is 1.68 bits per heavy atom. The Labute approximate surface area is 109 Å². The number of primary amides is 1. The minimum absolute atomic E-state index is 0.284. The lowest BCUT2D eigenvalue weighted by Gasteiger charge is -2.22. The lowest BCUT2D eigenvalue weighted by Crippen LogP contribution is -2.35. The molecule has 0 aliphatic rings. The third-order valence-electron chi connectivity index (χ3n) is 2.47. The Morgan fingerprint density at radius 1 is 1.16 bits per heavy atom. The molecule has 0 saturated heterocycles. The molecule has 0 saturated carbocycles. The number of carboxylic acid groups (broad SMARTS) is 2. The molecule has 0 bridgehead atoms. The third-order valence-corrected chi connectivity index (χ3v) is 2.47. The molecule has 7 nitrogen and oxygen atoms in total. The van der Waals surface area contributed by atoms with Crippen LogP contribution in [0, 0.1) is 6.92 Å². The zero-order valence-electron chi connectivity index (χ0n) is 10.3. The molecule has 0 fully saturated rings. The predicted octanol–water partition coefficient (Wildman–Crippen LogP) is 0.0695. The first kappa shape index (κ1) is 14.5. The SMILES string of the molecule is Cc1cc(C(N)=O)ccc1N(CC(=O)O)CC(=O)O. The van der Waals surface area contributed by atoms with E-state index in [1.165, 1.54) is 23.1 Å². The van der Waals surface area contributed by atoms with Gasteiger partial charge in [-0.1, -0.05) is 0 Å². The summed E-state index contributed by atoms with van der Waals surface area (Å²) in [4.78, 5) is 33.7. The Bertz CT molecular complexity index is 511. The number of aliphatic carboxylic acids is 2. The molecule has 7 heteroatoms. The molecule has 1 aromatic carbocycles. The number of anilines is 1. The highest BCUT2D eigenvalue weighted by Crippen LogP contribution is 2.21. The van der Waals surface area contributed by atoms with Gasteiger partial charge in [-0.15, -0.1) is 0 Å². The molecule has 19 heavy (non-hydrogen) atoms. The second-order valence-corrected chi connectivity index (χ2v) is 4.01. The van der Waals surface area contributed by atoms with Crippen LogP contribution < -0.4 is 10.6 Å². The van der Waals surface area contributed by atoms with Crippen LogP contribution in [0.2, 0.25) is 0 Å². The van der Waals surface area contributed by atoms with Crippen LogP contribution in [0.4, 0.5) is 5.69 Å². The summed E-state index contributed by atoms with van der Waals surface area (Å²) in [5, 5.41) is 17.6. The van der Waals surface area contributed by atoms with Gasteiger partial charge in [0.05, 0.1) is 0 Å². The number of carbonyl (C=O) groups excluding carboxylic acids is 1. The molecule has 0 heterocycles. The summed E-state index contributed by atoms with van der Waals surface area (Å²) in [6.07, 6.45) is 0. The van der Waals surface area contributed by atoms with Crippen LogP contribution >= 0.6 is 0 Å². The second-order valence-electron chi connectivity index (χ2n) is 4.01. The fraction of sp³-hybridized carbons (Fsp3) is 0.250. The molecule has 1 aromatic rings. The molecule has 0 aliphatic heterocycles. The van der Waals surface area contributed by atoms with E-state index in [9.17, 15) is 14.4 Å². The summed E-state index contributed by atoms with van der Waals surface area (Å²) in [7, 11) is 0. The minimum atomic E-state index is -1.14. The lowest BCUT2D eigenvalue weighted by molar-refractivity contribution is -0.136. The Morgan fingerprint density at radius 3 is 2.05 bits per heavy atom. The summed E-state index contributed by atoms with van der Waals surface area (Å²) in [6.45, 7) is 0.768. The first-order chi connectivity index (χ1) is 8.81. The van der Waals surface area contributed by atoms with Gasteiger partial charge in [-0.2, -0.15) is 0 Å². The standard InChI is InChI=1S/C12H14N2O5/c1-7-4-8(12(13)19)2-3-9(7)14(5-10(15)16)6-11(17)18/h2-4H,5-6H2,1H3,(H2,13,19)(H,15,16)(H,17,18). The number of rotatable bonds is 6. The fourth-order valence-electron chi connectivity index (χ4n) is 1.72. The van der Waals surface area contributed by atoms with Gasteiger partial charge in [0.1, 0.15) is 13.1 Å². The highest BCUT2D eigenvalue weighted by Gasteiger charge is 2.16. The van der Waals surface area contributed by atoms with E-state index in [0.29, 0.717) is 11.3 Å². The molecule has 0 unspecified atom stereocenters. The maximum atomic E-state index is 11.0. The number of carboxylic acids is 2. The maximum absolute atomic E-state index is 11.0. The van der Waals surface area contributed by atoms with Crippen LogP contribution in [0.15, 0.2) is 18.2 Å². The van der Waals surface area contributed by atoms with Crippen molar-refractivity contribution in [2.75, 3.05) is 18.0 Å². The van der Waals surface area contributed by atoms with E-state index in [2.05, 4.69) is 0 Å². The first-order valence-corrected chi connectivity index (χ1v) is 5.40. The van der Waals surface area contributed by atoms with Gasteiger partial charge in [0, 0.05) is 11.3 Å². The van der Waals surface area contributed by atoms with Gasteiger partial charge in [0.2, 0.25) is 5.91 Å². The molecule has 1 rings (SSSR count). The largest absolute Gasteiger partial charge is 0.480 e. The molecule has 102 valence electrons. The number of nitrogens with two attached hydrogens (primary N) is 1. The number of carbonyl (C=O) groups is 3. The van der Waals surface area contributed by atoms with E-state index in [4.69, 9.17) is 15.9 Å². The van der Waals surface area contributed by atoms with Gasteiger partial charge in [-0.25, -0.2) is 0 Å². The summed E-state index contributed by atoms with van der Waals surface area (Å²) in [5.74, 6) is -2.88. The van der Waals surface area contributed by atoms with Crippen molar-refractivity contribution < 1.29 is 24.6 Å². The van der Waals surface area contributed by atoms with Crippen LogP contribution in [0.5, 0.6) is 0 Å². The number of benzene rings is 1. The maximum Gasteiger partial charge on any atom is 0.323 e. The third kappa shape index (κ3) is 3.98. The van der Waals surface area contributed by atoms with E-state index < -0.39 is 30.9 Å². The van der Waals surface area contributed by atoms with Crippen molar-refractivity contribution in [1.82, 2.24) is 0 Å². The van der Waals surface area contributed by atoms with Gasteiger partial charge >= 0.3 is 11.9 Å². The number of nitrogens with zero attached hydrogens (tertiary/aromatic N) is 1. The van der Waals surface area contributed by atoms with Crippen LogP contribution in [0.1, 0.15) is 15.9 Å². The summed E-state index contributed by atoms with van der Waals surface area (Å²) in [6, 6.07) is 4.41. The van der Waals surface area contributed by atoms with Gasteiger partial charge in [0.15, 0.2) is 0 Å². The smallest absolute Gasteiger partial charge is 0.323 e. The minimum Gasteiger partial charge on any atom is -0.480 e. The number of hydrogen-bond acceptors (Lipinski definition) is 4. The van der Waals surface area contributed by atoms with Crippen LogP contribution in [-0.4, -0.2) is 41.1 Å². The van der Waals surface area contributed by atoms with E-state index in [0.717, 1.165) is 0 Å². The van der Waals surface area contributed by atoms with Crippen molar-refractivity contribution in [3.63, 3.8) is 0 Å². The van der Waals surface area contributed by atoms with E-state index >= 15 is 0 Å². The summed E-state index contributed by atoms with van der Waals surface area (Å²) < 4.78 is 0. The second kappa shape index (κ2) is 5.85. The number of hydrogen-bond donors (Lipinski definition) is 3. The monoisotopic (exact) mass is 266 g/mol. The van der Waals surface area contributed by atoms with Gasteiger partial charge < -0.3 is 20.8 Å². The Kier molecular flexibility index (Phi) is 4.46. The van der Waals surface area contributed by atoms with Crippen molar-refractivity contribution >= 4 is 23.5 Å². The molecule has 0 aliphatic carbocycles. The quantitative estimate of drug-likeness (QED) is 0.670. The normalized spacial score (nSPS) is 9.95. The molecular weight excluding hydrogens is 252 g/mol. The van der Waals surface area contributed by atoms with Crippen molar-refractivity contribution in [2.45, 2.75) is 6.92 Å². The summed E-state index contributed by atoms with van der Waals surface area (Å²) >= 11 is 0. The highest BCUT2D eigenvalue weighted by atomic mass is 16.4. The zero-order valence-corrected chi connectivity index (χ0v) is 10.3. The number of amides is 1. The topological polar surface area (TPSA) is 121 Å². The molecular formula is C12H14N2O5. The highest BCUT2D eigenvalue weighted by molar-refractivity contribution is 5.93. The first-order valence-electron chi connectivity index (χ1n) is 5.40. The Balaban J connectivity index is 3.11. The van der Waals surface area contributed by atoms with Crippen molar-refractivity contribution in [1.29, 1.82) is 0 Å². The molecule has 0 atom stereocenters. The van der Waals surface area contributed by atoms with Crippen molar-refractivity contribution in [3.05, 3.63) is 29.3 Å². The van der Waals surface area contributed by atoms with Crippen LogP contribution in [0.3, 0.4) is 0 Å². The number of aryl methyl sites for hydroxylation is 1. The van der Waals surface area contributed by atoms with E-state index in [1.807, 2.05) is 0 Å². The Hall–Kier alpha value is -2.57. The van der Waals surface area contributed by atoms with Crippen molar-refractivity contribution in [2.24, 2.45) is 5.73 Å². The molecule has 0 aromatic heterocycles. The zero-order chi connectivity index (χ0) is 14.6. The van der Waals surface area contributed by atoms with Crippen LogP contribution in [0.25, 0.3) is 0 Å². The van der Waals surface area contributed by atoms with Gasteiger partial charge in [-0.3, -0.25) is 14.4 Å². The van der Waals surface area contributed by atoms with E-state index in [1.54, 1.807) is 6.92 Å².